The SMILES string of the molecule is COc1cccc(C(CO)NC(C)Cc2ccccc2C)c1. The Morgan fingerprint density at radius 2 is 1.91 bits per heavy atom. The van der Waals surface area contributed by atoms with Crippen LogP contribution in [0.1, 0.15) is 29.7 Å². The Hall–Kier alpha value is -1.84. The summed E-state index contributed by atoms with van der Waals surface area (Å²) in [7, 11) is 1.65. The van der Waals surface area contributed by atoms with Gasteiger partial charge in [-0.15, -0.1) is 0 Å². The molecule has 0 heterocycles. The standard InChI is InChI=1S/C19H25NO2/c1-14-7-4-5-8-16(14)11-15(2)20-19(13-21)17-9-6-10-18(12-17)22-3/h4-10,12,15,19-21H,11,13H2,1-3H3. The van der Waals surface area contributed by atoms with Gasteiger partial charge < -0.3 is 15.2 Å². The molecule has 0 amide bonds. The number of aryl methyl sites for hydroxylation is 1. The number of hydrogen-bond acceptors (Lipinski definition) is 3. The molecule has 0 aliphatic rings. The maximum absolute atomic E-state index is 9.71. The van der Waals surface area contributed by atoms with Gasteiger partial charge in [-0.2, -0.15) is 0 Å². The van der Waals surface area contributed by atoms with Gasteiger partial charge in [-0.25, -0.2) is 0 Å². The molecule has 0 aromatic heterocycles. The van der Waals surface area contributed by atoms with Crippen LogP contribution in [0.4, 0.5) is 0 Å². The lowest BCUT2D eigenvalue weighted by Gasteiger charge is -2.23. The summed E-state index contributed by atoms with van der Waals surface area (Å²) in [5, 5.41) is 13.2. The molecular formula is C19H25NO2. The van der Waals surface area contributed by atoms with Crippen LogP contribution in [-0.4, -0.2) is 24.9 Å². The Morgan fingerprint density at radius 3 is 2.59 bits per heavy atom. The monoisotopic (exact) mass is 299 g/mol. The van der Waals surface area contributed by atoms with Crippen LogP contribution in [-0.2, 0) is 6.42 Å². The fourth-order valence-electron chi connectivity index (χ4n) is 2.68. The van der Waals surface area contributed by atoms with Crippen LogP contribution in [0.25, 0.3) is 0 Å². The third kappa shape index (κ3) is 4.33. The summed E-state index contributed by atoms with van der Waals surface area (Å²) in [5.41, 5.74) is 3.68. The maximum Gasteiger partial charge on any atom is 0.119 e. The molecule has 0 saturated heterocycles. The van der Waals surface area contributed by atoms with Crippen molar-refractivity contribution in [2.24, 2.45) is 0 Å². The van der Waals surface area contributed by atoms with Crippen LogP contribution in [0.2, 0.25) is 0 Å². The molecule has 0 spiro atoms. The molecule has 2 aromatic carbocycles. The molecule has 0 radical (unpaired) electrons. The molecule has 2 unspecified atom stereocenters. The fraction of sp³-hybridized carbons (Fsp3) is 0.368. The lowest BCUT2D eigenvalue weighted by Crippen LogP contribution is -2.34. The molecule has 22 heavy (non-hydrogen) atoms. The van der Waals surface area contributed by atoms with E-state index in [9.17, 15) is 5.11 Å². The highest BCUT2D eigenvalue weighted by molar-refractivity contribution is 5.31. The second kappa shape index (κ2) is 7.97. The van der Waals surface area contributed by atoms with E-state index in [1.54, 1.807) is 7.11 Å². The van der Waals surface area contributed by atoms with Gasteiger partial charge in [-0.1, -0.05) is 36.4 Å². The van der Waals surface area contributed by atoms with Crippen LogP contribution in [0.3, 0.4) is 0 Å². The summed E-state index contributed by atoms with van der Waals surface area (Å²) in [6.07, 6.45) is 0.938. The van der Waals surface area contributed by atoms with Crippen molar-refractivity contribution >= 4 is 0 Å². The van der Waals surface area contributed by atoms with E-state index in [4.69, 9.17) is 4.74 Å². The molecule has 3 heteroatoms. The third-order valence-electron chi connectivity index (χ3n) is 3.95. The van der Waals surface area contributed by atoms with Crippen molar-refractivity contribution in [1.82, 2.24) is 5.32 Å². The van der Waals surface area contributed by atoms with E-state index in [-0.39, 0.29) is 18.7 Å². The van der Waals surface area contributed by atoms with E-state index in [0.717, 1.165) is 17.7 Å². The van der Waals surface area contributed by atoms with Gasteiger partial charge >= 0.3 is 0 Å². The Balaban J connectivity index is 2.04. The number of hydrogen-bond donors (Lipinski definition) is 2. The quantitative estimate of drug-likeness (QED) is 0.824. The smallest absolute Gasteiger partial charge is 0.119 e. The second-order valence-corrected chi connectivity index (χ2v) is 5.71. The zero-order chi connectivity index (χ0) is 15.9. The number of ether oxygens (including phenoxy) is 1. The fourth-order valence-corrected chi connectivity index (χ4v) is 2.68. The number of aliphatic hydroxyl groups excluding tert-OH is 1. The highest BCUT2D eigenvalue weighted by Crippen LogP contribution is 2.20. The first-order chi connectivity index (χ1) is 10.6. The minimum atomic E-state index is -0.0888. The molecule has 2 aromatic rings. The van der Waals surface area contributed by atoms with Crippen LogP contribution < -0.4 is 10.1 Å². The predicted molar refractivity (Wildman–Crippen MR) is 90.3 cm³/mol. The van der Waals surface area contributed by atoms with Gasteiger partial charge in [0.15, 0.2) is 0 Å². The summed E-state index contributed by atoms with van der Waals surface area (Å²) in [6.45, 7) is 4.34. The van der Waals surface area contributed by atoms with E-state index in [2.05, 4.69) is 43.4 Å². The zero-order valence-electron chi connectivity index (χ0n) is 13.5. The number of methoxy groups -OCH3 is 1. The Labute approximate surface area is 133 Å². The van der Waals surface area contributed by atoms with Crippen molar-refractivity contribution in [1.29, 1.82) is 0 Å². The van der Waals surface area contributed by atoms with Gasteiger partial charge in [-0.3, -0.25) is 0 Å². The molecule has 0 aliphatic carbocycles. The highest BCUT2D eigenvalue weighted by Gasteiger charge is 2.15. The molecule has 2 atom stereocenters. The van der Waals surface area contributed by atoms with Crippen LogP contribution in [0.5, 0.6) is 5.75 Å². The molecule has 0 bridgehead atoms. The van der Waals surface area contributed by atoms with Crippen molar-refractivity contribution < 1.29 is 9.84 Å². The number of benzene rings is 2. The summed E-state index contributed by atoms with van der Waals surface area (Å²) in [5.74, 6) is 0.810. The minimum Gasteiger partial charge on any atom is -0.497 e. The lowest BCUT2D eigenvalue weighted by molar-refractivity contribution is 0.234. The maximum atomic E-state index is 9.71. The normalized spacial score (nSPS) is 13.6. The van der Waals surface area contributed by atoms with Crippen molar-refractivity contribution in [2.75, 3.05) is 13.7 Å². The van der Waals surface area contributed by atoms with E-state index < -0.39 is 0 Å². The van der Waals surface area contributed by atoms with E-state index in [1.165, 1.54) is 11.1 Å². The second-order valence-electron chi connectivity index (χ2n) is 5.71. The van der Waals surface area contributed by atoms with Crippen molar-refractivity contribution in [3.8, 4) is 5.75 Å². The van der Waals surface area contributed by atoms with Crippen LogP contribution in [0, 0.1) is 6.92 Å². The van der Waals surface area contributed by atoms with Gasteiger partial charge in [0.05, 0.1) is 19.8 Å². The van der Waals surface area contributed by atoms with Gasteiger partial charge in [0.25, 0.3) is 0 Å². The largest absolute Gasteiger partial charge is 0.497 e. The number of rotatable bonds is 7. The molecular weight excluding hydrogens is 274 g/mol. The van der Waals surface area contributed by atoms with Crippen LogP contribution >= 0.6 is 0 Å². The summed E-state index contributed by atoms with van der Waals surface area (Å²) < 4.78 is 5.26. The van der Waals surface area contributed by atoms with E-state index in [1.807, 2.05) is 24.3 Å². The average molecular weight is 299 g/mol. The zero-order valence-corrected chi connectivity index (χ0v) is 13.5. The Kier molecular flexibility index (Phi) is 5.99. The molecule has 2 N–H and O–H groups in total. The third-order valence-corrected chi connectivity index (χ3v) is 3.95. The van der Waals surface area contributed by atoms with Crippen molar-refractivity contribution in [3.05, 3.63) is 65.2 Å². The Bertz CT molecular complexity index is 597. The number of nitrogens with one attached hydrogen (secondary N) is 1. The van der Waals surface area contributed by atoms with Crippen LogP contribution in [0.15, 0.2) is 48.5 Å². The summed E-state index contributed by atoms with van der Waals surface area (Å²) in [4.78, 5) is 0. The number of aliphatic hydroxyl groups is 1. The molecule has 0 fully saturated rings. The lowest BCUT2D eigenvalue weighted by atomic mass is 10.00. The van der Waals surface area contributed by atoms with Gasteiger partial charge in [0, 0.05) is 6.04 Å². The van der Waals surface area contributed by atoms with Crippen molar-refractivity contribution in [3.63, 3.8) is 0 Å². The first kappa shape index (κ1) is 16.5. The molecule has 3 nitrogen and oxygen atoms in total. The van der Waals surface area contributed by atoms with Gasteiger partial charge in [0.1, 0.15) is 5.75 Å². The van der Waals surface area contributed by atoms with E-state index >= 15 is 0 Å². The average Bonchev–Trinajstić information content (AvgIpc) is 2.55. The first-order valence-electron chi connectivity index (χ1n) is 7.69. The topological polar surface area (TPSA) is 41.5 Å². The molecule has 2 rings (SSSR count). The minimum absolute atomic E-state index is 0.0608. The molecule has 0 aliphatic heterocycles. The molecule has 0 saturated carbocycles. The predicted octanol–water partition coefficient (Wildman–Crippen LogP) is 3.26. The van der Waals surface area contributed by atoms with Gasteiger partial charge in [-0.05, 0) is 49.1 Å². The molecule has 118 valence electrons. The van der Waals surface area contributed by atoms with E-state index in [0.29, 0.717) is 0 Å². The summed E-state index contributed by atoms with van der Waals surface area (Å²) in [6, 6.07) is 16.4. The first-order valence-corrected chi connectivity index (χ1v) is 7.69. The summed E-state index contributed by atoms with van der Waals surface area (Å²) >= 11 is 0. The Morgan fingerprint density at radius 1 is 1.14 bits per heavy atom. The van der Waals surface area contributed by atoms with Gasteiger partial charge in [0.2, 0.25) is 0 Å². The van der Waals surface area contributed by atoms with Crippen molar-refractivity contribution in [2.45, 2.75) is 32.4 Å². The highest BCUT2D eigenvalue weighted by atomic mass is 16.5.